The molecule has 2 rings (SSSR count). The monoisotopic (exact) mass is 325 g/mol. The lowest BCUT2D eigenvalue weighted by Crippen LogP contribution is -2.25. The Morgan fingerprint density at radius 1 is 0.800 bits per heavy atom. The standard InChI is InChI=1S/C20H15N5/c1-14-4-9-19(18(11-22)17(14)10-21)20(12-23,13-24)15-5-7-16(8-6-15)25(2)3/h4-9H,1-3H3. The Kier molecular flexibility index (Phi) is 4.74. The molecule has 0 aliphatic carbocycles. The Balaban J connectivity index is 2.80. The van der Waals surface area contributed by atoms with Crippen LogP contribution in [0.15, 0.2) is 36.4 Å². The number of anilines is 1. The van der Waals surface area contributed by atoms with Crippen LogP contribution in [0.1, 0.15) is 27.8 Å². The van der Waals surface area contributed by atoms with Crippen LogP contribution in [0.2, 0.25) is 0 Å². The average molecular weight is 325 g/mol. The minimum absolute atomic E-state index is 0.0716. The maximum Gasteiger partial charge on any atom is 0.194 e. The fourth-order valence-corrected chi connectivity index (χ4v) is 2.72. The first-order valence-electron chi connectivity index (χ1n) is 7.49. The van der Waals surface area contributed by atoms with Crippen LogP contribution < -0.4 is 4.90 Å². The highest BCUT2D eigenvalue weighted by atomic mass is 15.1. The largest absolute Gasteiger partial charge is 0.378 e. The van der Waals surface area contributed by atoms with Gasteiger partial charge in [0.25, 0.3) is 0 Å². The van der Waals surface area contributed by atoms with E-state index in [1.807, 2.05) is 43.3 Å². The lowest BCUT2D eigenvalue weighted by atomic mass is 9.74. The lowest BCUT2D eigenvalue weighted by Gasteiger charge is -2.23. The summed E-state index contributed by atoms with van der Waals surface area (Å²) in [6.45, 7) is 1.72. The maximum absolute atomic E-state index is 9.84. The number of aryl methyl sites for hydroxylation is 1. The van der Waals surface area contributed by atoms with Gasteiger partial charge in [0, 0.05) is 25.3 Å². The Hall–Kier alpha value is -3.80. The van der Waals surface area contributed by atoms with Crippen molar-refractivity contribution in [1.82, 2.24) is 0 Å². The number of rotatable bonds is 3. The van der Waals surface area contributed by atoms with E-state index in [1.165, 1.54) is 0 Å². The molecule has 0 aliphatic heterocycles. The van der Waals surface area contributed by atoms with Gasteiger partial charge >= 0.3 is 0 Å². The minimum atomic E-state index is -1.66. The van der Waals surface area contributed by atoms with Crippen molar-refractivity contribution in [2.45, 2.75) is 12.3 Å². The molecule has 2 aromatic rings. The van der Waals surface area contributed by atoms with E-state index in [0.29, 0.717) is 11.1 Å². The van der Waals surface area contributed by atoms with Gasteiger partial charge in [0.1, 0.15) is 12.1 Å². The van der Waals surface area contributed by atoms with Crippen molar-refractivity contribution in [1.29, 1.82) is 21.0 Å². The molecule has 0 aliphatic rings. The summed E-state index contributed by atoms with van der Waals surface area (Å²) < 4.78 is 0. The number of benzene rings is 2. The predicted molar refractivity (Wildman–Crippen MR) is 93.4 cm³/mol. The molecule has 5 nitrogen and oxygen atoms in total. The molecule has 0 N–H and O–H groups in total. The van der Waals surface area contributed by atoms with Crippen LogP contribution in [0.4, 0.5) is 5.69 Å². The van der Waals surface area contributed by atoms with Crippen LogP contribution in [0.25, 0.3) is 0 Å². The summed E-state index contributed by atoms with van der Waals surface area (Å²) in [4.78, 5) is 1.91. The van der Waals surface area contributed by atoms with Gasteiger partial charge in [-0.15, -0.1) is 0 Å². The van der Waals surface area contributed by atoms with Crippen LogP contribution in [0.3, 0.4) is 0 Å². The molecule has 0 heterocycles. The topological polar surface area (TPSA) is 98.4 Å². The summed E-state index contributed by atoms with van der Waals surface area (Å²) in [6.07, 6.45) is 0. The summed E-state index contributed by atoms with van der Waals surface area (Å²) >= 11 is 0. The smallest absolute Gasteiger partial charge is 0.194 e. The van der Waals surface area contributed by atoms with Gasteiger partial charge in [-0.25, -0.2) is 0 Å². The third-order valence-electron chi connectivity index (χ3n) is 4.19. The molecule has 120 valence electrons. The van der Waals surface area contributed by atoms with E-state index in [-0.39, 0.29) is 16.7 Å². The zero-order valence-electron chi connectivity index (χ0n) is 14.2. The number of nitriles is 4. The van der Waals surface area contributed by atoms with Gasteiger partial charge in [0.2, 0.25) is 0 Å². The Morgan fingerprint density at radius 3 is 1.80 bits per heavy atom. The molecule has 0 spiro atoms. The van der Waals surface area contributed by atoms with Crippen LogP contribution in [0, 0.1) is 52.2 Å². The highest BCUT2D eigenvalue weighted by Gasteiger charge is 2.38. The summed E-state index contributed by atoms with van der Waals surface area (Å²) in [7, 11) is 3.79. The van der Waals surface area contributed by atoms with Crippen LogP contribution in [0.5, 0.6) is 0 Å². The van der Waals surface area contributed by atoms with Crippen molar-refractivity contribution in [3.05, 3.63) is 64.2 Å². The lowest BCUT2D eigenvalue weighted by molar-refractivity contribution is 0.842. The van der Waals surface area contributed by atoms with Crippen molar-refractivity contribution in [2.75, 3.05) is 19.0 Å². The van der Waals surface area contributed by atoms with Gasteiger partial charge in [0.05, 0.1) is 23.3 Å². The van der Waals surface area contributed by atoms with Crippen molar-refractivity contribution >= 4 is 5.69 Å². The predicted octanol–water partition coefficient (Wildman–Crippen LogP) is 3.14. The third kappa shape index (κ3) is 2.76. The van der Waals surface area contributed by atoms with Gasteiger partial charge in [0.15, 0.2) is 5.41 Å². The van der Waals surface area contributed by atoms with Gasteiger partial charge < -0.3 is 4.90 Å². The number of nitrogens with zero attached hydrogens (tertiary/aromatic N) is 5. The Labute approximate surface area is 147 Å². The third-order valence-corrected chi connectivity index (χ3v) is 4.19. The number of hydrogen-bond donors (Lipinski definition) is 0. The van der Waals surface area contributed by atoms with E-state index < -0.39 is 5.41 Å². The summed E-state index contributed by atoms with van der Waals surface area (Å²) in [5.74, 6) is 0. The second-order valence-electron chi connectivity index (χ2n) is 5.82. The highest BCUT2D eigenvalue weighted by Crippen LogP contribution is 2.36. The first kappa shape index (κ1) is 17.6. The molecular formula is C20H15N5. The SMILES string of the molecule is Cc1ccc(C(C#N)(C#N)c2ccc(N(C)C)cc2)c(C#N)c1C#N. The van der Waals surface area contributed by atoms with Gasteiger partial charge in [-0.3, -0.25) is 0 Å². The minimum Gasteiger partial charge on any atom is -0.378 e. The first-order chi connectivity index (χ1) is 11.9. The molecule has 5 heteroatoms. The maximum atomic E-state index is 9.84. The fraction of sp³-hybridized carbons (Fsp3) is 0.200. The summed E-state index contributed by atoms with van der Waals surface area (Å²) in [5, 5.41) is 38.6. The van der Waals surface area contributed by atoms with Crippen LogP contribution in [-0.4, -0.2) is 14.1 Å². The highest BCUT2D eigenvalue weighted by molar-refractivity contribution is 5.64. The molecule has 0 saturated carbocycles. The molecule has 0 atom stereocenters. The zero-order valence-corrected chi connectivity index (χ0v) is 14.2. The van der Waals surface area contributed by atoms with Gasteiger partial charge in [-0.2, -0.15) is 21.0 Å². The molecule has 0 saturated heterocycles. The van der Waals surface area contributed by atoms with Crippen molar-refractivity contribution in [3.8, 4) is 24.3 Å². The molecule has 25 heavy (non-hydrogen) atoms. The first-order valence-corrected chi connectivity index (χ1v) is 7.49. The van der Waals surface area contributed by atoms with E-state index in [0.717, 1.165) is 5.69 Å². The second-order valence-corrected chi connectivity index (χ2v) is 5.82. The number of hydrogen-bond acceptors (Lipinski definition) is 5. The zero-order chi connectivity index (χ0) is 18.6. The van der Waals surface area contributed by atoms with Crippen molar-refractivity contribution in [2.24, 2.45) is 0 Å². The Morgan fingerprint density at radius 2 is 1.36 bits per heavy atom. The van der Waals surface area contributed by atoms with Crippen LogP contribution >= 0.6 is 0 Å². The normalized spacial score (nSPS) is 10.0. The van der Waals surface area contributed by atoms with Gasteiger partial charge in [-0.1, -0.05) is 24.3 Å². The molecule has 0 bridgehead atoms. The molecule has 0 fully saturated rings. The molecule has 0 radical (unpaired) electrons. The fourth-order valence-electron chi connectivity index (χ4n) is 2.72. The molecule has 2 aromatic carbocycles. The molecular weight excluding hydrogens is 310 g/mol. The van der Waals surface area contributed by atoms with E-state index in [9.17, 15) is 21.0 Å². The summed E-state index contributed by atoms with van der Waals surface area (Å²) in [5.41, 5.74) is 0.871. The summed E-state index contributed by atoms with van der Waals surface area (Å²) in [6, 6.07) is 18.4. The molecule has 0 aromatic heterocycles. The van der Waals surface area contributed by atoms with E-state index in [1.54, 1.807) is 31.2 Å². The Bertz CT molecular complexity index is 959. The second kappa shape index (κ2) is 6.76. The molecule has 0 amide bonds. The van der Waals surface area contributed by atoms with Gasteiger partial charge in [-0.05, 0) is 30.2 Å². The quantitative estimate of drug-likeness (QED) is 0.863. The van der Waals surface area contributed by atoms with E-state index >= 15 is 0 Å². The molecule has 0 unspecified atom stereocenters. The van der Waals surface area contributed by atoms with Crippen molar-refractivity contribution < 1.29 is 0 Å². The van der Waals surface area contributed by atoms with E-state index in [2.05, 4.69) is 12.1 Å². The van der Waals surface area contributed by atoms with E-state index in [4.69, 9.17) is 0 Å². The average Bonchev–Trinajstić information content (AvgIpc) is 2.64. The van der Waals surface area contributed by atoms with Crippen LogP contribution in [-0.2, 0) is 5.41 Å². The van der Waals surface area contributed by atoms with Crippen molar-refractivity contribution in [3.63, 3.8) is 0 Å².